The maximum absolute atomic E-state index is 12.8. The molecule has 0 heterocycles. The molecule has 0 saturated heterocycles. The van der Waals surface area contributed by atoms with Gasteiger partial charge in [-0.05, 0) is 55.8 Å². The van der Waals surface area contributed by atoms with Crippen molar-refractivity contribution in [3.8, 4) is 5.75 Å². The van der Waals surface area contributed by atoms with E-state index in [0.29, 0.717) is 5.69 Å². The molecule has 3 rings (SSSR count). The molecule has 0 aliphatic rings. The minimum atomic E-state index is -4.09. The molecule has 0 aromatic heterocycles. The molecule has 1 amide bonds. The number of benzene rings is 3. The standard InChI is InChI=1S/C22H21N3O6S/c1-14-4-10-19(15(2)12-14)23-22(26)16-5-8-18(9-6-16)32(29,30)24-20-13-17(25(27)28)7-11-21(20)31-3/h4-13,24H,1-3H3,(H,23,26). The van der Waals surface area contributed by atoms with Crippen molar-refractivity contribution in [2.45, 2.75) is 18.7 Å². The van der Waals surface area contributed by atoms with Crippen molar-refractivity contribution < 1.29 is 22.9 Å². The van der Waals surface area contributed by atoms with E-state index in [2.05, 4.69) is 10.0 Å². The molecule has 0 atom stereocenters. The van der Waals surface area contributed by atoms with Gasteiger partial charge in [0.15, 0.2) is 0 Å². The van der Waals surface area contributed by atoms with Crippen molar-refractivity contribution in [3.05, 3.63) is 87.5 Å². The summed E-state index contributed by atoms with van der Waals surface area (Å²) in [7, 11) is -2.76. The molecule has 3 aromatic rings. The quantitative estimate of drug-likeness (QED) is 0.404. The lowest BCUT2D eigenvalue weighted by Crippen LogP contribution is -2.15. The van der Waals surface area contributed by atoms with Gasteiger partial charge in [0.05, 0.1) is 22.6 Å². The van der Waals surface area contributed by atoms with E-state index in [1.54, 1.807) is 6.07 Å². The summed E-state index contributed by atoms with van der Waals surface area (Å²) in [5.74, 6) is -0.252. The third-order valence-corrected chi connectivity index (χ3v) is 6.08. The number of hydrogen-bond acceptors (Lipinski definition) is 6. The van der Waals surface area contributed by atoms with Gasteiger partial charge in [-0.15, -0.1) is 0 Å². The summed E-state index contributed by atoms with van der Waals surface area (Å²) in [4.78, 5) is 22.8. The number of anilines is 2. The van der Waals surface area contributed by atoms with Crippen LogP contribution in [-0.4, -0.2) is 26.4 Å². The van der Waals surface area contributed by atoms with E-state index < -0.39 is 14.9 Å². The number of non-ortho nitro benzene ring substituents is 1. The van der Waals surface area contributed by atoms with Crippen LogP contribution in [0.3, 0.4) is 0 Å². The van der Waals surface area contributed by atoms with Gasteiger partial charge in [0.1, 0.15) is 5.75 Å². The van der Waals surface area contributed by atoms with Crippen LogP contribution in [0.1, 0.15) is 21.5 Å². The first-order valence-corrected chi connectivity index (χ1v) is 10.9. The third kappa shape index (κ3) is 5.03. The van der Waals surface area contributed by atoms with Gasteiger partial charge in [-0.1, -0.05) is 17.7 Å². The molecule has 0 aliphatic heterocycles. The second-order valence-electron chi connectivity index (χ2n) is 7.04. The van der Waals surface area contributed by atoms with Crippen molar-refractivity contribution in [1.29, 1.82) is 0 Å². The number of sulfonamides is 1. The SMILES string of the molecule is COc1ccc([N+](=O)[O-])cc1NS(=O)(=O)c1ccc(C(=O)Nc2ccc(C)cc2C)cc1. The number of carbonyl (C=O) groups excluding carboxylic acids is 1. The maximum Gasteiger partial charge on any atom is 0.271 e. The Labute approximate surface area is 185 Å². The molecule has 9 nitrogen and oxygen atoms in total. The van der Waals surface area contributed by atoms with E-state index in [-0.39, 0.29) is 33.5 Å². The zero-order valence-electron chi connectivity index (χ0n) is 17.6. The molecule has 0 spiro atoms. The minimum absolute atomic E-state index is 0.0710. The molecular formula is C22H21N3O6S. The lowest BCUT2D eigenvalue weighted by atomic mass is 10.1. The van der Waals surface area contributed by atoms with Crippen LogP contribution in [0.15, 0.2) is 65.6 Å². The van der Waals surface area contributed by atoms with Crippen LogP contribution in [0.5, 0.6) is 5.75 Å². The third-order valence-electron chi connectivity index (χ3n) is 4.70. The fraction of sp³-hybridized carbons (Fsp3) is 0.136. The molecule has 0 bridgehead atoms. The highest BCUT2D eigenvalue weighted by Crippen LogP contribution is 2.31. The highest BCUT2D eigenvalue weighted by molar-refractivity contribution is 7.92. The summed E-state index contributed by atoms with van der Waals surface area (Å²) in [6, 6.07) is 14.5. The van der Waals surface area contributed by atoms with Gasteiger partial charge in [-0.3, -0.25) is 19.6 Å². The number of amides is 1. The first-order chi connectivity index (χ1) is 15.1. The molecule has 0 saturated carbocycles. The molecule has 2 N–H and O–H groups in total. The fourth-order valence-electron chi connectivity index (χ4n) is 3.03. The number of ether oxygens (including phenoxy) is 1. The normalized spacial score (nSPS) is 11.0. The zero-order chi connectivity index (χ0) is 23.5. The second-order valence-corrected chi connectivity index (χ2v) is 8.73. The Hall–Kier alpha value is -3.92. The van der Waals surface area contributed by atoms with Gasteiger partial charge in [-0.25, -0.2) is 8.42 Å². The Bertz CT molecular complexity index is 1290. The number of methoxy groups -OCH3 is 1. The number of nitro benzene ring substituents is 1. The molecule has 32 heavy (non-hydrogen) atoms. The van der Waals surface area contributed by atoms with Crippen LogP contribution in [0, 0.1) is 24.0 Å². The monoisotopic (exact) mass is 455 g/mol. The Morgan fingerprint density at radius 3 is 2.25 bits per heavy atom. The van der Waals surface area contributed by atoms with Crippen LogP contribution in [0.25, 0.3) is 0 Å². The van der Waals surface area contributed by atoms with Crippen LogP contribution < -0.4 is 14.8 Å². The van der Waals surface area contributed by atoms with Crippen molar-refractivity contribution in [1.82, 2.24) is 0 Å². The number of nitrogens with zero attached hydrogens (tertiary/aromatic N) is 1. The van der Waals surface area contributed by atoms with Crippen molar-refractivity contribution in [2.75, 3.05) is 17.1 Å². The summed E-state index contributed by atoms with van der Waals surface area (Å²) in [5.41, 5.74) is 2.56. The van der Waals surface area contributed by atoms with Crippen molar-refractivity contribution in [3.63, 3.8) is 0 Å². The van der Waals surface area contributed by atoms with Crippen LogP contribution >= 0.6 is 0 Å². The van der Waals surface area contributed by atoms with Gasteiger partial charge in [0.25, 0.3) is 21.6 Å². The number of nitro groups is 1. The van der Waals surface area contributed by atoms with Gasteiger partial charge >= 0.3 is 0 Å². The van der Waals surface area contributed by atoms with E-state index in [1.165, 1.54) is 43.5 Å². The van der Waals surface area contributed by atoms with Gasteiger partial charge in [-0.2, -0.15) is 0 Å². The Morgan fingerprint density at radius 2 is 1.66 bits per heavy atom. The van der Waals surface area contributed by atoms with Crippen LogP contribution in [0.4, 0.5) is 17.1 Å². The lowest BCUT2D eigenvalue weighted by molar-refractivity contribution is -0.384. The summed E-state index contributed by atoms with van der Waals surface area (Å²) < 4.78 is 32.9. The largest absolute Gasteiger partial charge is 0.495 e. The van der Waals surface area contributed by atoms with E-state index in [1.807, 2.05) is 26.0 Å². The van der Waals surface area contributed by atoms with E-state index in [0.717, 1.165) is 17.2 Å². The zero-order valence-corrected chi connectivity index (χ0v) is 18.4. The minimum Gasteiger partial charge on any atom is -0.495 e. The van der Waals surface area contributed by atoms with Gasteiger partial charge in [0.2, 0.25) is 0 Å². The second kappa shape index (κ2) is 9.06. The topological polar surface area (TPSA) is 128 Å². The Kier molecular flexibility index (Phi) is 6.45. The summed E-state index contributed by atoms with van der Waals surface area (Å²) in [5, 5.41) is 13.8. The number of rotatable bonds is 7. The average Bonchev–Trinajstić information content (AvgIpc) is 2.75. The highest BCUT2D eigenvalue weighted by atomic mass is 32.2. The van der Waals surface area contributed by atoms with Gasteiger partial charge < -0.3 is 10.1 Å². The lowest BCUT2D eigenvalue weighted by Gasteiger charge is -2.12. The summed E-state index contributed by atoms with van der Waals surface area (Å²) in [6.07, 6.45) is 0. The van der Waals surface area contributed by atoms with E-state index >= 15 is 0 Å². The number of aryl methyl sites for hydroxylation is 2. The molecule has 0 unspecified atom stereocenters. The van der Waals surface area contributed by atoms with E-state index in [4.69, 9.17) is 4.74 Å². The Morgan fingerprint density at radius 1 is 0.969 bits per heavy atom. The van der Waals surface area contributed by atoms with Gasteiger partial charge in [0, 0.05) is 23.4 Å². The van der Waals surface area contributed by atoms with Crippen LogP contribution in [-0.2, 0) is 10.0 Å². The molecule has 0 aliphatic carbocycles. The van der Waals surface area contributed by atoms with Crippen LogP contribution in [0.2, 0.25) is 0 Å². The predicted octanol–water partition coefficient (Wildman–Crippen LogP) is 4.27. The van der Waals surface area contributed by atoms with Crippen molar-refractivity contribution >= 4 is 33.0 Å². The molecule has 0 radical (unpaired) electrons. The number of carbonyl (C=O) groups is 1. The first-order valence-electron chi connectivity index (χ1n) is 9.44. The van der Waals surface area contributed by atoms with Crippen molar-refractivity contribution in [2.24, 2.45) is 0 Å². The first kappa shape index (κ1) is 22.8. The molecular weight excluding hydrogens is 434 g/mol. The molecule has 0 fully saturated rings. The smallest absolute Gasteiger partial charge is 0.271 e. The average molecular weight is 455 g/mol. The highest BCUT2D eigenvalue weighted by Gasteiger charge is 2.20. The fourth-order valence-corrected chi connectivity index (χ4v) is 4.09. The molecule has 10 heteroatoms. The summed E-state index contributed by atoms with van der Waals surface area (Å²) in [6.45, 7) is 3.83. The molecule has 3 aromatic carbocycles. The predicted molar refractivity (Wildman–Crippen MR) is 121 cm³/mol. The number of hydrogen-bond donors (Lipinski definition) is 2. The maximum atomic E-state index is 12.8. The Balaban J connectivity index is 1.81. The number of nitrogens with one attached hydrogen (secondary N) is 2. The molecule has 166 valence electrons. The summed E-state index contributed by atoms with van der Waals surface area (Å²) >= 11 is 0. The van der Waals surface area contributed by atoms with E-state index in [9.17, 15) is 23.3 Å².